The van der Waals surface area contributed by atoms with Crippen LogP contribution < -0.4 is 10.1 Å². The van der Waals surface area contributed by atoms with Gasteiger partial charge < -0.3 is 15.0 Å². The van der Waals surface area contributed by atoms with Crippen LogP contribution in [0.25, 0.3) is 0 Å². The Kier molecular flexibility index (Phi) is 5.84. The number of amides is 2. The van der Waals surface area contributed by atoms with E-state index in [4.69, 9.17) is 4.74 Å². The highest BCUT2D eigenvalue weighted by atomic mass is 16.5. The first-order valence-electron chi connectivity index (χ1n) is 9.83. The highest BCUT2D eigenvalue weighted by molar-refractivity contribution is 5.95. The number of carbonyl (C=O) groups is 2. The van der Waals surface area contributed by atoms with E-state index in [1.807, 2.05) is 29.2 Å². The SMILES string of the molecule is CCCCOc1ccc(C(=O)N2CC(C(=O)NC)C3(CCCC3)C2)cc1. The highest BCUT2D eigenvalue weighted by Crippen LogP contribution is 2.49. The van der Waals surface area contributed by atoms with Gasteiger partial charge in [0.25, 0.3) is 5.91 Å². The fraction of sp³-hybridized carbons (Fsp3) is 0.619. The Labute approximate surface area is 156 Å². The van der Waals surface area contributed by atoms with Crippen LogP contribution in [0.15, 0.2) is 24.3 Å². The average Bonchev–Trinajstić information content (AvgIpc) is 3.29. The summed E-state index contributed by atoms with van der Waals surface area (Å²) < 4.78 is 5.67. The zero-order valence-corrected chi connectivity index (χ0v) is 15.9. The van der Waals surface area contributed by atoms with Crippen molar-refractivity contribution in [1.29, 1.82) is 0 Å². The maximum Gasteiger partial charge on any atom is 0.253 e. The van der Waals surface area contributed by atoms with Crippen molar-refractivity contribution >= 4 is 11.8 Å². The number of carbonyl (C=O) groups excluding carboxylic acids is 2. The van der Waals surface area contributed by atoms with Gasteiger partial charge in [-0.1, -0.05) is 26.2 Å². The molecule has 1 aromatic carbocycles. The van der Waals surface area contributed by atoms with Crippen LogP contribution in [-0.4, -0.2) is 43.5 Å². The molecule has 1 spiro atoms. The predicted molar refractivity (Wildman–Crippen MR) is 101 cm³/mol. The third kappa shape index (κ3) is 3.71. The van der Waals surface area contributed by atoms with E-state index in [0.29, 0.717) is 25.3 Å². The lowest BCUT2D eigenvalue weighted by Gasteiger charge is -2.28. The van der Waals surface area contributed by atoms with Gasteiger partial charge in [0.15, 0.2) is 0 Å². The molecule has 5 heteroatoms. The molecule has 142 valence electrons. The third-order valence-corrected chi connectivity index (χ3v) is 5.97. The smallest absolute Gasteiger partial charge is 0.253 e. The van der Waals surface area contributed by atoms with Crippen LogP contribution in [0.2, 0.25) is 0 Å². The molecule has 0 aromatic heterocycles. The summed E-state index contributed by atoms with van der Waals surface area (Å²) in [6, 6.07) is 7.39. The second-order valence-electron chi connectivity index (χ2n) is 7.65. The molecule has 1 aliphatic carbocycles. The van der Waals surface area contributed by atoms with Crippen LogP contribution in [0.1, 0.15) is 55.8 Å². The second-order valence-corrected chi connectivity index (χ2v) is 7.65. The van der Waals surface area contributed by atoms with Gasteiger partial charge in [0, 0.05) is 31.1 Å². The number of likely N-dealkylation sites (tertiary alicyclic amines) is 1. The monoisotopic (exact) mass is 358 g/mol. The first kappa shape index (κ1) is 18.7. The van der Waals surface area contributed by atoms with Gasteiger partial charge in [0.05, 0.1) is 12.5 Å². The summed E-state index contributed by atoms with van der Waals surface area (Å²) in [5.74, 6) is 0.798. The number of benzene rings is 1. The lowest BCUT2D eigenvalue weighted by Crippen LogP contribution is -2.38. The molecule has 1 saturated carbocycles. The Morgan fingerprint density at radius 3 is 2.54 bits per heavy atom. The number of rotatable bonds is 6. The molecule has 1 unspecified atom stereocenters. The van der Waals surface area contributed by atoms with Gasteiger partial charge in [0.1, 0.15) is 5.75 Å². The number of unbranched alkanes of at least 4 members (excludes halogenated alkanes) is 1. The van der Waals surface area contributed by atoms with Crippen LogP contribution in [0, 0.1) is 11.3 Å². The van der Waals surface area contributed by atoms with Crippen LogP contribution in [0.5, 0.6) is 5.75 Å². The summed E-state index contributed by atoms with van der Waals surface area (Å²) in [5.41, 5.74) is 0.637. The summed E-state index contributed by atoms with van der Waals surface area (Å²) in [4.78, 5) is 27.2. The number of nitrogens with zero attached hydrogens (tertiary/aromatic N) is 1. The van der Waals surface area contributed by atoms with Crippen LogP contribution in [0.4, 0.5) is 0 Å². The standard InChI is InChI=1S/C21H30N2O3/c1-3-4-13-26-17-9-7-16(8-10-17)20(25)23-14-18(19(24)22-2)21(15-23)11-5-6-12-21/h7-10,18H,3-6,11-15H2,1-2H3,(H,22,24). The predicted octanol–water partition coefficient (Wildman–Crippen LogP) is 3.24. The van der Waals surface area contributed by atoms with Crippen LogP contribution in [0.3, 0.4) is 0 Å². The molecule has 2 fully saturated rings. The van der Waals surface area contributed by atoms with E-state index in [0.717, 1.165) is 44.3 Å². The van der Waals surface area contributed by atoms with Crippen LogP contribution >= 0.6 is 0 Å². The number of hydrogen-bond donors (Lipinski definition) is 1. The Bertz CT molecular complexity index is 635. The molecule has 1 N–H and O–H groups in total. The molecule has 1 atom stereocenters. The van der Waals surface area contributed by atoms with Crippen molar-refractivity contribution in [3.63, 3.8) is 0 Å². The van der Waals surface area contributed by atoms with E-state index >= 15 is 0 Å². The zero-order chi connectivity index (χ0) is 18.6. The second kappa shape index (κ2) is 8.11. The van der Waals surface area contributed by atoms with Crippen molar-refractivity contribution in [3.8, 4) is 5.75 Å². The quantitative estimate of drug-likeness (QED) is 0.794. The van der Waals surface area contributed by atoms with E-state index in [-0.39, 0.29) is 23.1 Å². The Balaban J connectivity index is 1.69. The molecule has 1 heterocycles. The molecule has 1 saturated heterocycles. The molecule has 1 aromatic rings. The number of hydrogen-bond acceptors (Lipinski definition) is 3. The summed E-state index contributed by atoms with van der Waals surface area (Å²) in [6.45, 7) is 4.04. The molecule has 0 bridgehead atoms. The van der Waals surface area contributed by atoms with E-state index < -0.39 is 0 Å². The Hall–Kier alpha value is -2.04. The van der Waals surface area contributed by atoms with E-state index in [1.54, 1.807) is 7.05 Å². The van der Waals surface area contributed by atoms with E-state index in [9.17, 15) is 9.59 Å². The topological polar surface area (TPSA) is 58.6 Å². The number of nitrogens with one attached hydrogen (secondary N) is 1. The maximum atomic E-state index is 13.0. The van der Waals surface area contributed by atoms with Gasteiger partial charge in [-0.25, -0.2) is 0 Å². The molecular formula is C21H30N2O3. The third-order valence-electron chi connectivity index (χ3n) is 5.97. The minimum atomic E-state index is -0.0874. The van der Waals surface area contributed by atoms with E-state index in [2.05, 4.69) is 12.2 Å². The van der Waals surface area contributed by atoms with Gasteiger partial charge in [-0.05, 0) is 43.5 Å². The summed E-state index contributed by atoms with van der Waals surface area (Å²) >= 11 is 0. The van der Waals surface area contributed by atoms with Crippen molar-refractivity contribution in [2.24, 2.45) is 11.3 Å². The number of ether oxygens (including phenoxy) is 1. The summed E-state index contributed by atoms with van der Waals surface area (Å²) in [7, 11) is 1.69. The van der Waals surface area contributed by atoms with Gasteiger partial charge in [-0.3, -0.25) is 9.59 Å². The maximum absolute atomic E-state index is 13.0. The van der Waals surface area contributed by atoms with Gasteiger partial charge in [0.2, 0.25) is 5.91 Å². The molecule has 5 nitrogen and oxygen atoms in total. The molecule has 3 rings (SSSR count). The lowest BCUT2D eigenvalue weighted by atomic mass is 9.76. The van der Waals surface area contributed by atoms with Gasteiger partial charge in [-0.15, -0.1) is 0 Å². The Morgan fingerprint density at radius 1 is 1.23 bits per heavy atom. The molecule has 2 aliphatic rings. The van der Waals surface area contributed by atoms with Gasteiger partial charge >= 0.3 is 0 Å². The van der Waals surface area contributed by atoms with Crippen molar-refractivity contribution in [2.45, 2.75) is 45.4 Å². The molecule has 2 amide bonds. The fourth-order valence-corrected chi connectivity index (χ4v) is 4.46. The zero-order valence-electron chi connectivity index (χ0n) is 15.9. The first-order chi connectivity index (χ1) is 12.6. The minimum absolute atomic E-state index is 0.0165. The molecular weight excluding hydrogens is 328 g/mol. The van der Waals surface area contributed by atoms with Crippen molar-refractivity contribution in [2.75, 3.05) is 26.7 Å². The molecule has 1 aliphatic heterocycles. The van der Waals surface area contributed by atoms with Gasteiger partial charge in [-0.2, -0.15) is 0 Å². The van der Waals surface area contributed by atoms with Crippen molar-refractivity contribution < 1.29 is 14.3 Å². The van der Waals surface area contributed by atoms with Crippen molar-refractivity contribution in [1.82, 2.24) is 10.2 Å². The fourth-order valence-electron chi connectivity index (χ4n) is 4.46. The largest absolute Gasteiger partial charge is 0.494 e. The normalized spacial score (nSPS) is 21.2. The average molecular weight is 358 g/mol. The first-order valence-corrected chi connectivity index (χ1v) is 9.83. The summed E-state index contributed by atoms with van der Waals surface area (Å²) in [5, 5.41) is 2.80. The minimum Gasteiger partial charge on any atom is -0.494 e. The van der Waals surface area contributed by atoms with Crippen LogP contribution in [-0.2, 0) is 4.79 Å². The molecule has 26 heavy (non-hydrogen) atoms. The van der Waals surface area contributed by atoms with Crippen molar-refractivity contribution in [3.05, 3.63) is 29.8 Å². The lowest BCUT2D eigenvalue weighted by molar-refractivity contribution is -0.127. The van der Waals surface area contributed by atoms with E-state index in [1.165, 1.54) is 0 Å². The molecule has 0 radical (unpaired) electrons. The Morgan fingerprint density at radius 2 is 1.92 bits per heavy atom. The summed E-state index contributed by atoms with van der Waals surface area (Å²) in [6.07, 6.45) is 6.51. The highest BCUT2D eigenvalue weighted by Gasteiger charge is 2.52.